The summed E-state index contributed by atoms with van der Waals surface area (Å²) in [6.07, 6.45) is 0. The Balaban J connectivity index is 0. The summed E-state index contributed by atoms with van der Waals surface area (Å²) in [5.41, 5.74) is 0. The van der Waals surface area contributed by atoms with Crippen molar-refractivity contribution in [1.29, 1.82) is 0 Å². The molecule has 27 valence electrons. The predicted molar refractivity (Wildman–Crippen MR) is 0 cm³/mol. The van der Waals surface area contributed by atoms with Crippen LogP contribution in [-0.4, -0.2) is 0 Å². The molecule has 0 aliphatic rings. The van der Waals surface area contributed by atoms with Gasteiger partial charge in [-0.2, -0.15) is 0 Å². The molecular formula is F3Mo. The van der Waals surface area contributed by atoms with Gasteiger partial charge in [-0.3, -0.25) is 0 Å². The van der Waals surface area contributed by atoms with Crippen LogP contribution in [0.15, 0.2) is 0 Å². The molecule has 0 nitrogen and oxygen atoms in total. The monoisotopic (exact) mass is 155 g/mol. The first-order valence-corrected chi connectivity index (χ1v) is 0. The summed E-state index contributed by atoms with van der Waals surface area (Å²) in [5, 5.41) is 0. The summed E-state index contributed by atoms with van der Waals surface area (Å²) in [6.45, 7) is 0. The molecular weight excluding hydrogens is 153 g/mol. The topological polar surface area (TPSA) is 0 Å². The van der Waals surface area contributed by atoms with E-state index < -0.39 is 0 Å². The van der Waals surface area contributed by atoms with E-state index in [9.17, 15) is 0 Å². The third-order valence-electron chi connectivity index (χ3n) is 0. The summed E-state index contributed by atoms with van der Waals surface area (Å²) in [6, 6.07) is 0. The van der Waals surface area contributed by atoms with Crippen LogP contribution in [0.2, 0.25) is 0 Å². The standard InChI is InChI=1S/3FH.Mo/h3*1H;/q;;;+3/p-3. The molecule has 0 saturated heterocycles. The largest absolute Gasteiger partial charge is 3.00 e. The van der Waals surface area contributed by atoms with Gasteiger partial charge in [0.25, 0.3) is 0 Å². The molecule has 0 unspecified atom stereocenters. The van der Waals surface area contributed by atoms with Gasteiger partial charge in [0.05, 0.1) is 0 Å². The van der Waals surface area contributed by atoms with Crippen LogP contribution in [-0.2, 0) is 21.1 Å². The molecule has 0 aliphatic heterocycles. The van der Waals surface area contributed by atoms with Gasteiger partial charge < -0.3 is 14.1 Å². The fourth-order valence-electron chi connectivity index (χ4n) is 0. The van der Waals surface area contributed by atoms with E-state index in [1.165, 1.54) is 0 Å². The molecule has 0 aromatic carbocycles. The maximum atomic E-state index is 0. The van der Waals surface area contributed by atoms with E-state index in [-0.39, 0.29) is 35.2 Å². The average molecular weight is 153 g/mol. The van der Waals surface area contributed by atoms with Crippen LogP contribution in [0.5, 0.6) is 0 Å². The number of hydrogen-bond donors (Lipinski definition) is 0. The Labute approximate surface area is 35.9 Å². The minimum Gasteiger partial charge on any atom is -1.00 e. The molecule has 0 heterocycles. The fraction of sp³-hybridized carbons (Fsp3) is 0. The van der Waals surface area contributed by atoms with Gasteiger partial charge in [-0.15, -0.1) is 0 Å². The van der Waals surface area contributed by atoms with E-state index >= 15 is 0 Å². The second-order valence-corrected chi connectivity index (χ2v) is 0. The maximum absolute atomic E-state index is 0. The summed E-state index contributed by atoms with van der Waals surface area (Å²) < 4.78 is 0. The summed E-state index contributed by atoms with van der Waals surface area (Å²) in [4.78, 5) is 0. The Morgan fingerprint density at radius 3 is 0.500 bits per heavy atom. The van der Waals surface area contributed by atoms with Gasteiger partial charge in [0.2, 0.25) is 0 Å². The van der Waals surface area contributed by atoms with Crippen molar-refractivity contribution in [3.63, 3.8) is 0 Å². The molecule has 0 spiro atoms. The van der Waals surface area contributed by atoms with Gasteiger partial charge in [0, 0.05) is 0 Å². The Hall–Kier alpha value is 0.478. The van der Waals surface area contributed by atoms with E-state index in [0.717, 1.165) is 0 Å². The number of halogens is 3. The van der Waals surface area contributed by atoms with Crippen molar-refractivity contribution in [3.05, 3.63) is 0 Å². The number of rotatable bonds is 0. The van der Waals surface area contributed by atoms with Crippen molar-refractivity contribution in [2.24, 2.45) is 0 Å². The van der Waals surface area contributed by atoms with Gasteiger partial charge >= 0.3 is 21.1 Å². The van der Waals surface area contributed by atoms with E-state index in [0.29, 0.717) is 0 Å². The van der Waals surface area contributed by atoms with Gasteiger partial charge in [-0.25, -0.2) is 0 Å². The average Bonchev–Trinajstić information content (AvgIpc) is 0. The quantitative estimate of drug-likeness (QED) is 0.303. The zero-order valence-electron chi connectivity index (χ0n) is 1.54. The van der Waals surface area contributed by atoms with Crippen LogP contribution in [0.1, 0.15) is 0 Å². The summed E-state index contributed by atoms with van der Waals surface area (Å²) in [7, 11) is 0. The van der Waals surface area contributed by atoms with Crippen LogP contribution in [0, 0.1) is 0 Å². The molecule has 0 aliphatic carbocycles. The normalized spacial score (nSPS) is 0. The molecule has 0 saturated carbocycles. The molecule has 0 rings (SSSR count). The molecule has 0 atom stereocenters. The Bertz CT molecular complexity index is 3.25. The molecule has 0 amide bonds. The second kappa shape index (κ2) is 93.4. The predicted octanol–water partition coefficient (Wildman–Crippen LogP) is -8.99. The zero-order valence-corrected chi connectivity index (χ0v) is 3.55. The Kier molecular flexibility index (Phi) is 5530. The smallest absolute Gasteiger partial charge is 1.00 e. The Morgan fingerprint density at radius 2 is 0.500 bits per heavy atom. The van der Waals surface area contributed by atoms with Gasteiger partial charge in [0.15, 0.2) is 0 Å². The van der Waals surface area contributed by atoms with E-state index in [4.69, 9.17) is 0 Å². The fourth-order valence-corrected chi connectivity index (χ4v) is 0. The SMILES string of the molecule is [F-].[F-].[F-].[Mo+3]. The van der Waals surface area contributed by atoms with Crippen LogP contribution in [0.4, 0.5) is 0 Å². The van der Waals surface area contributed by atoms with Gasteiger partial charge in [-0.1, -0.05) is 0 Å². The minimum absolute atomic E-state index is 0. The maximum Gasteiger partial charge on any atom is 3.00 e. The van der Waals surface area contributed by atoms with Crippen molar-refractivity contribution in [3.8, 4) is 0 Å². The Morgan fingerprint density at radius 1 is 0.500 bits per heavy atom. The van der Waals surface area contributed by atoms with E-state index in [1.807, 2.05) is 0 Å². The second-order valence-electron chi connectivity index (χ2n) is 0. The van der Waals surface area contributed by atoms with Crippen molar-refractivity contribution in [2.45, 2.75) is 0 Å². The first-order chi connectivity index (χ1) is 0. The molecule has 4 heavy (non-hydrogen) atoms. The van der Waals surface area contributed by atoms with E-state index in [2.05, 4.69) is 0 Å². The van der Waals surface area contributed by atoms with Crippen molar-refractivity contribution >= 4 is 0 Å². The summed E-state index contributed by atoms with van der Waals surface area (Å²) in [5.74, 6) is 0. The molecule has 0 aromatic heterocycles. The van der Waals surface area contributed by atoms with Gasteiger partial charge in [0.1, 0.15) is 0 Å². The molecule has 0 fully saturated rings. The van der Waals surface area contributed by atoms with Gasteiger partial charge in [-0.05, 0) is 0 Å². The van der Waals surface area contributed by atoms with Crippen LogP contribution < -0.4 is 14.1 Å². The third-order valence-corrected chi connectivity index (χ3v) is 0. The first-order valence-electron chi connectivity index (χ1n) is 0. The molecule has 4 heteroatoms. The molecule has 0 aromatic rings. The van der Waals surface area contributed by atoms with Crippen LogP contribution in [0.25, 0.3) is 0 Å². The van der Waals surface area contributed by atoms with Crippen molar-refractivity contribution in [2.75, 3.05) is 0 Å². The number of hydrogen-bond acceptors (Lipinski definition) is 0. The zero-order chi connectivity index (χ0) is 0. The van der Waals surface area contributed by atoms with E-state index in [1.54, 1.807) is 0 Å². The van der Waals surface area contributed by atoms with Crippen molar-refractivity contribution in [1.82, 2.24) is 0 Å². The van der Waals surface area contributed by atoms with Crippen LogP contribution in [0.3, 0.4) is 0 Å². The first kappa shape index (κ1) is 237. The minimum atomic E-state index is 0. The third kappa shape index (κ3) is 23.7. The molecule has 0 bridgehead atoms. The van der Waals surface area contributed by atoms with Crippen molar-refractivity contribution < 1.29 is 35.2 Å². The molecule has 0 N–H and O–H groups in total. The van der Waals surface area contributed by atoms with Crippen LogP contribution >= 0.6 is 0 Å². The summed E-state index contributed by atoms with van der Waals surface area (Å²) >= 11 is 0. The molecule has 1 radical (unpaired) electrons.